The Labute approximate surface area is 113 Å². The third-order valence-electron chi connectivity index (χ3n) is 3.90. The maximum absolute atomic E-state index is 11.9. The van der Waals surface area contributed by atoms with Crippen LogP contribution in [0, 0.1) is 33.5 Å². The predicted octanol–water partition coefficient (Wildman–Crippen LogP) is 1.11. The minimum atomic E-state index is -1.60. The lowest BCUT2D eigenvalue weighted by molar-refractivity contribution is -0.128. The van der Waals surface area contributed by atoms with Crippen LogP contribution in [0.4, 0.5) is 0 Å². The number of hydrogen-bond donors (Lipinski definition) is 1. The van der Waals surface area contributed by atoms with Gasteiger partial charge in [0.25, 0.3) is 0 Å². The highest BCUT2D eigenvalue weighted by Crippen LogP contribution is 2.76. The lowest BCUT2D eigenvalue weighted by Crippen LogP contribution is -2.31. The smallest absolute Gasteiger partial charge is 0.250 e. The second kappa shape index (κ2) is 3.34. The largest absolute Gasteiger partial charge is 0.293 e. The predicted molar refractivity (Wildman–Crippen MR) is 63.4 cm³/mol. The number of hydrogen-bond acceptors (Lipinski definition) is 4. The van der Waals surface area contributed by atoms with Gasteiger partial charge in [0.1, 0.15) is 0 Å². The molecule has 1 saturated heterocycles. The molecular formula is C13H6ClN3O2. The van der Waals surface area contributed by atoms with Crippen LogP contribution in [0.5, 0.6) is 0 Å². The highest BCUT2D eigenvalue weighted by atomic mass is 35.5. The summed E-state index contributed by atoms with van der Waals surface area (Å²) in [6, 6.07) is 10.2. The highest BCUT2D eigenvalue weighted by molar-refractivity contribution is 6.30. The monoisotopic (exact) mass is 271 g/mol. The van der Waals surface area contributed by atoms with E-state index in [9.17, 15) is 20.1 Å². The van der Waals surface area contributed by atoms with Gasteiger partial charge in [-0.1, -0.05) is 23.7 Å². The van der Waals surface area contributed by atoms with Gasteiger partial charge in [-0.15, -0.1) is 0 Å². The number of halogens is 1. The molecule has 2 amide bonds. The Hall–Kier alpha value is -2.37. The van der Waals surface area contributed by atoms with Crippen molar-refractivity contribution in [2.75, 3.05) is 0 Å². The fourth-order valence-corrected chi connectivity index (χ4v) is 3.08. The summed E-state index contributed by atoms with van der Waals surface area (Å²) in [6.07, 6.45) is 0. The van der Waals surface area contributed by atoms with Crippen LogP contribution in [0.3, 0.4) is 0 Å². The molecule has 0 radical (unpaired) electrons. The minimum absolute atomic E-state index is 0.502. The molecule has 19 heavy (non-hydrogen) atoms. The Morgan fingerprint density at radius 2 is 1.53 bits per heavy atom. The van der Waals surface area contributed by atoms with Crippen molar-refractivity contribution in [1.29, 1.82) is 10.5 Å². The first-order valence-corrected chi connectivity index (χ1v) is 5.86. The molecule has 0 spiro atoms. The van der Waals surface area contributed by atoms with Gasteiger partial charge in [-0.3, -0.25) is 14.9 Å². The molecule has 5 nitrogen and oxygen atoms in total. The van der Waals surface area contributed by atoms with E-state index >= 15 is 0 Å². The number of piperidine rings is 1. The molecule has 1 N–H and O–H groups in total. The Kier molecular flexibility index (Phi) is 2.06. The van der Waals surface area contributed by atoms with Crippen LogP contribution in [0.25, 0.3) is 0 Å². The number of nitriles is 2. The van der Waals surface area contributed by atoms with E-state index in [1.165, 1.54) is 0 Å². The number of imide groups is 1. The molecule has 3 atom stereocenters. The highest BCUT2D eigenvalue weighted by Gasteiger charge is 2.90. The van der Waals surface area contributed by atoms with E-state index in [4.69, 9.17) is 11.6 Å². The van der Waals surface area contributed by atoms with Crippen molar-refractivity contribution < 1.29 is 9.59 Å². The van der Waals surface area contributed by atoms with E-state index < -0.39 is 28.6 Å². The number of fused-ring (bicyclic) bond motifs is 1. The van der Waals surface area contributed by atoms with Crippen LogP contribution >= 0.6 is 11.6 Å². The first-order chi connectivity index (χ1) is 9.04. The lowest BCUT2D eigenvalue weighted by Gasteiger charge is -2.07. The SMILES string of the molecule is N#C[C@@]12C(=O)NC(=O)[C@]1(C#N)C2c1ccc(Cl)cc1. The number of carbonyl (C=O) groups is 2. The van der Waals surface area contributed by atoms with Crippen molar-refractivity contribution in [3.8, 4) is 12.1 Å². The van der Waals surface area contributed by atoms with Crippen LogP contribution < -0.4 is 5.32 Å². The molecule has 2 fully saturated rings. The van der Waals surface area contributed by atoms with Gasteiger partial charge in [0.15, 0.2) is 10.8 Å². The van der Waals surface area contributed by atoms with E-state index in [-0.39, 0.29) is 0 Å². The Morgan fingerprint density at radius 1 is 1.05 bits per heavy atom. The van der Waals surface area contributed by atoms with Crippen molar-refractivity contribution in [3.05, 3.63) is 34.9 Å². The van der Waals surface area contributed by atoms with Gasteiger partial charge in [-0.05, 0) is 17.7 Å². The Bertz CT molecular complexity index is 662. The maximum atomic E-state index is 11.9. The van der Waals surface area contributed by atoms with Crippen molar-refractivity contribution in [2.45, 2.75) is 5.92 Å². The van der Waals surface area contributed by atoms with Gasteiger partial charge in [-0.2, -0.15) is 10.5 Å². The van der Waals surface area contributed by atoms with Crippen LogP contribution in [-0.2, 0) is 9.59 Å². The molecular weight excluding hydrogens is 266 g/mol. The van der Waals surface area contributed by atoms with E-state index in [0.29, 0.717) is 10.6 Å². The van der Waals surface area contributed by atoms with Gasteiger partial charge in [0.05, 0.1) is 12.1 Å². The van der Waals surface area contributed by atoms with Gasteiger partial charge in [0, 0.05) is 10.9 Å². The zero-order valence-electron chi connectivity index (χ0n) is 9.48. The standard InChI is InChI=1S/C13H6ClN3O2/c14-8-3-1-7(2-4-8)9-12(5-15)10(18)17-11(19)13(9,12)6-16/h1-4,9H,(H,17,18,19)/t9?,12-,13+. The van der Waals surface area contributed by atoms with Crippen LogP contribution in [-0.4, -0.2) is 11.8 Å². The van der Waals surface area contributed by atoms with Gasteiger partial charge < -0.3 is 0 Å². The van der Waals surface area contributed by atoms with Gasteiger partial charge in [-0.25, -0.2) is 0 Å². The van der Waals surface area contributed by atoms with Gasteiger partial charge in [0.2, 0.25) is 11.8 Å². The van der Waals surface area contributed by atoms with Crippen molar-refractivity contribution in [3.63, 3.8) is 0 Å². The number of rotatable bonds is 1. The maximum Gasteiger partial charge on any atom is 0.250 e. The van der Waals surface area contributed by atoms with Gasteiger partial charge >= 0.3 is 0 Å². The quantitative estimate of drug-likeness (QED) is 0.774. The fourth-order valence-electron chi connectivity index (χ4n) is 2.96. The first-order valence-electron chi connectivity index (χ1n) is 5.48. The molecule has 1 aliphatic heterocycles. The molecule has 1 saturated carbocycles. The van der Waals surface area contributed by atoms with Crippen LogP contribution in [0.1, 0.15) is 11.5 Å². The molecule has 1 aromatic carbocycles. The molecule has 6 heteroatoms. The molecule has 2 aliphatic rings. The summed E-state index contributed by atoms with van der Waals surface area (Å²) in [7, 11) is 0. The zero-order valence-corrected chi connectivity index (χ0v) is 10.2. The second-order valence-corrected chi connectivity index (χ2v) is 5.04. The third kappa shape index (κ3) is 1.05. The van der Waals surface area contributed by atoms with E-state index in [0.717, 1.165) is 0 Å². The molecule has 1 unspecified atom stereocenters. The molecule has 1 aromatic rings. The van der Waals surface area contributed by atoms with E-state index in [1.54, 1.807) is 24.3 Å². The molecule has 0 bridgehead atoms. The van der Waals surface area contributed by atoms with Crippen molar-refractivity contribution in [2.24, 2.45) is 10.8 Å². The first kappa shape index (κ1) is 11.7. The Morgan fingerprint density at radius 3 is 1.95 bits per heavy atom. The Balaban J connectivity index is 2.18. The van der Waals surface area contributed by atoms with Crippen molar-refractivity contribution in [1.82, 2.24) is 5.32 Å². The van der Waals surface area contributed by atoms with E-state index in [2.05, 4.69) is 5.32 Å². The number of benzene rings is 1. The molecule has 92 valence electrons. The van der Waals surface area contributed by atoms with Crippen molar-refractivity contribution >= 4 is 23.4 Å². The fraction of sp³-hybridized carbons (Fsp3) is 0.231. The summed E-state index contributed by atoms with van der Waals surface area (Å²) >= 11 is 5.78. The normalized spacial score (nSPS) is 35.0. The number of carbonyl (C=O) groups excluding carboxylic acids is 2. The molecule has 3 rings (SSSR count). The van der Waals surface area contributed by atoms with E-state index in [1.807, 2.05) is 12.1 Å². The summed E-state index contributed by atoms with van der Waals surface area (Å²) < 4.78 is 0. The third-order valence-corrected chi connectivity index (χ3v) is 4.16. The molecule has 1 aliphatic carbocycles. The van der Waals surface area contributed by atoms with Crippen LogP contribution in [0.2, 0.25) is 5.02 Å². The molecule has 1 heterocycles. The summed E-state index contributed by atoms with van der Waals surface area (Å²) in [4.78, 5) is 23.7. The second-order valence-electron chi connectivity index (χ2n) is 4.61. The molecule has 0 aromatic heterocycles. The number of nitrogens with one attached hydrogen (secondary N) is 1. The average Bonchev–Trinajstić information content (AvgIpc) is 2.97. The topological polar surface area (TPSA) is 93.8 Å². The lowest BCUT2D eigenvalue weighted by atomic mass is 9.98. The zero-order chi connectivity index (χ0) is 13.8. The summed E-state index contributed by atoms with van der Waals surface area (Å²) in [5, 5.41) is 21.2. The number of amides is 2. The summed E-state index contributed by atoms with van der Waals surface area (Å²) in [6.45, 7) is 0. The average molecular weight is 272 g/mol. The summed E-state index contributed by atoms with van der Waals surface area (Å²) in [5.74, 6) is -2.11. The minimum Gasteiger partial charge on any atom is -0.293 e. The van der Waals surface area contributed by atoms with Crippen LogP contribution in [0.15, 0.2) is 24.3 Å². The summed E-state index contributed by atoms with van der Waals surface area (Å²) in [5.41, 5.74) is -2.62. The number of nitrogens with zero attached hydrogens (tertiary/aromatic N) is 2.